The maximum Gasteiger partial charge on any atom is 0.321 e. The lowest BCUT2D eigenvalue weighted by molar-refractivity contribution is -0.126. The van der Waals surface area contributed by atoms with E-state index in [0.29, 0.717) is 0 Å². The Kier molecular flexibility index (Phi) is 4.80. The third-order valence-corrected chi connectivity index (χ3v) is 4.01. The maximum absolute atomic E-state index is 11.9. The summed E-state index contributed by atoms with van der Waals surface area (Å²) in [5.74, 6) is 0. The van der Waals surface area contributed by atoms with E-state index < -0.39 is 0 Å². The van der Waals surface area contributed by atoms with Crippen molar-refractivity contribution in [3.8, 4) is 0 Å². The van der Waals surface area contributed by atoms with Gasteiger partial charge in [-0.05, 0) is 12.8 Å². The van der Waals surface area contributed by atoms with Crippen molar-refractivity contribution in [2.24, 2.45) is 5.41 Å². The Balaban J connectivity index is 2.95. The second-order valence-electron chi connectivity index (χ2n) is 5.16. The maximum atomic E-state index is 11.9. The summed E-state index contributed by atoms with van der Waals surface area (Å²) >= 11 is 0. The number of carbonyl (C=O) groups is 1. The van der Waals surface area contributed by atoms with Crippen molar-refractivity contribution in [2.75, 3.05) is 27.7 Å². The van der Waals surface area contributed by atoms with Gasteiger partial charge in [0.05, 0.1) is 0 Å². The molecule has 1 aliphatic rings. The SMILES string of the molecule is CCCCC1(CC)CN(C)C(=O)N(C)C1OC. The van der Waals surface area contributed by atoms with Crippen molar-refractivity contribution < 1.29 is 9.53 Å². The van der Waals surface area contributed by atoms with E-state index in [9.17, 15) is 4.79 Å². The first kappa shape index (κ1) is 14.3. The molecule has 4 heteroatoms. The van der Waals surface area contributed by atoms with Crippen molar-refractivity contribution in [2.45, 2.75) is 45.8 Å². The molecule has 0 aromatic carbocycles. The van der Waals surface area contributed by atoms with E-state index in [0.717, 1.165) is 19.4 Å². The Bertz CT molecular complexity index is 270. The number of carbonyl (C=O) groups excluding carboxylic acids is 1. The summed E-state index contributed by atoms with van der Waals surface area (Å²) in [5.41, 5.74) is 0.0716. The first-order valence-electron chi connectivity index (χ1n) is 6.53. The quantitative estimate of drug-likeness (QED) is 0.742. The molecule has 0 spiro atoms. The smallest absolute Gasteiger partial charge is 0.321 e. The third kappa shape index (κ3) is 2.57. The van der Waals surface area contributed by atoms with Crippen LogP contribution in [0, 0.1) is 5.41 Å². The van der Waals surface area contributed by atoms with Crippen LogP contribution >= 0.6 is 0 Å². The molecule has 0 N–H and O–H groups in total. The average Bonchev–Trinajstić information content (AvgIpc) is 2.33. The van der Waals surface area contributed by atoms with E-state index in [2.05, 4.69) is 13.8 Å². The van der Waals surface area contributed by atoms with Gasteiger partial charge in [-0.2, -0.15) is 0 Å². The zero-order chi connectivity index (χ0) is 13.1. The van der Waals surface area contributed by atoms with E-state index in [1.165, 1.54) is 12.8 Å². The van der Waals surface area contributed by atoms with Gasteiger partial charge in [0, 0.05) is 33.2 Å². The fraction of sp³-hybridized carbons (Fsp3) is 0.923. The average molecular weight is 242 g/mol. The van der Waals surface area contributed by atoms with Crippen LogP contribution in [0.15, 0.2) is 0 Å². The van der Waals surface area contributed by atoms with Gasteiger partial charge < -0.3 is 14.5 Å². The number of nitrogens with zero attached hydrogens (tertiary/aromatic N) is 2. The molecule has 2 atom stereocenters. The van der Waals surface area contributed by atoms with E-state index in [4.69, 9.17) is 4.74 Å². The molecule has 2 amide bonds. The van der Waals surface area contributed by atoms with Crippen LogP contribution in [0.3, 0.4) is 0 Å². The summed E-state index contributed by atoms with van der Waals surface area (Å²) < 4.78 is 5.60. The summed E-state index contributed by atoms with van der Waals surface area (Å²) in [5, 5.41) is 0. The minimum atomic E-state index is -0.0947. The molecule has 0 radical (unpaired) electrons. The number of hydrogen-bond donors (Lipinski definition) is 0. The predicted molar refractivity (Wildman–Crippen MR) is 68.8 cm³/mol. The molecule has 100 valence electrons. The first-order valence-corrected chi connectivity index (χ1v) is 6.53. The number of rotatable bonds is 5. The van der Waals surface area contributed by atoms with Gasteiger partial charge in [0.25, 0.3) is 0 Å². The standard InChI is InChI=1S/C13H26N2O2/c1-6-8-9-13(7-2)10-14(3)12(16)15(4)11(13)17-5/h11H,6-10H2,1-5H3. The van der Waals surface area contributed by atoms with Crippen molar-refractivity contribution in [3.05, 3.63) is 0 Å². The zero-order valence-corrected chi connectivity index (χ0v) is 11.8. The first-order chi connectivity index (χ1) is 8.02. The lowest BCUT2D eigenvalue weighted by atomic mass is 9.76. The Hall–Kier alpha value is -0.770. The number of amides is 2. The summed E-state index contributed by atoms with van der Waals surface area (Å²) in [6.45, 7) is 5.19. The van der Waals surface area contributed by atoms with Gasteiger partial charge in [0.15, 0.2) is 0 Å². The number of methoxy groups -OCH3 is 1. The molecular formula is C13H26N2O2. The van der Waals surface area contributed by atoms with Crippen LogP contribution in [-0.4, -0.2) is 49.8 Å². The van der Waals surface area contributed by atoms with Crippen LogP contribution in [0.1, 0.15) is 39.5 Å². The van der Waals surface area contributed by atoms with Crippen LogP contribution in [0.4, 0.5) is 4.79 Å². The molecular weight excluding hydrogens is 216 g/mol. The van der Waals surface area contributed by atoms with E-state index in [1.807, 2.05) is 19.0 Å². The Morgan fingerprint density at radius 3 is 2.53 bits per heavy atom. The van der Waals surface area contributed by atoms with Crippen LogP contribution < -0.4 is 0 Å². The Labute approximate surface area is 105 Å². The van der Waals surface area contributed by atoms with Gasteiger partial charge >= 0.3 is 6.03 Å². The lowest BCUT2D eigenvalue weighted by Gasteiger charge is -2.50. The normalized spacial score (nSPS) is 29.9. The van der Waals surface area contributed by atoms with Gasteiger partial charge in [0.1, 0.15) is 6.23 Å². The van der Waals surface area contributed by atoms with Crippen molar-refractivity contribution in [1.82, 2.24) is 9.80 Å². The summed E-state index contributed by atoms with van der Waals surface area (Å²) in [6.07, 6.45) is 4.42. The third-order valence-electron chi connectivity index (χ3n) is 4.01. The fourth-order valence-corrected chi connectivity index (χ4v) is 3.00. The van der Waals surface area contributed by atoms with Gasteiger partial charge in [-0.3, -0.25) is 0 Å². The van der Waals surface area contributed by atoms with E-state index in [-0.39, 0.29) is 17.7 Å². The molecule has 1 rings (SSSR count). The van der Waals surface area contributed by atoms with Crippen LogP contribution in [-0.2, 0) is 4.74 Å². The number of unbranched alkanes of at least 4 members (excludes halogenated alkanes) is 1. The summed E-state index contributed by atoms with van der Waals surface area (Å²) in [6, 6.07) is 0.0532. The van der Waals surface area contributed by atoms with Crippen LogP contribution in [0.5, 0.6) is 0 Å². The minimum absolute atomic E-state index is 0.0532. The number of hydrogen-bond acceptors (Lipinski definition) is 2. The highest BCUT2D eigenvalue weighted by atomic mass is 16.5. The molecule has 17 heavy (non-hydrogen) atoms. The van der Waals surface area contributed by atoms with Crippen molar-refractivity contribution in [3.63, 3.8) is 0 Å². The Morgan fingerprint density at radius 2 is 2.06 bits per heavy atom. The molecule has 4 nitrogen and oxygen atoms in total. The molecule has 0 aromatic heterocycles. The predicted octanol–water partition coefficient (Wildman–Crippen LogP) is 2.54. The Morgan fingerprint density at radius 1 is 1.41 bits per heavy atom. The van der Waals surface area contributed by atoms with Gasteiger partial charge in [0.2, 0.25) is 0 Å². The lowest BCUT2D eigenvalue weighted by Crippen LogP contribution is -2.62. The molecule has 1 saturated heterocycles. The molecule has 1 heterocycles. The monoisotopic (exact) mass is 242 g/mol. The van der Waals surface area contributed by atoms with Gasteiger partial charge in [-0.1, -0.05) is 26.7 Å². The van der Waals surface area contributed by atoms with Gasteiger partial charge in [-0.25, -0.2) is 4.79 Å². The van der Waals surface area contributed by atoms with Crippen molar-refractivity contribution in [1.29, 1.82) is 0 Å². The molecule has 0 saturated carbocycles. The molecule has 1 fully saturated rings. The molecule has 0 aliphatic carbocycles. The van der Waals surface area contributed by atoms with E-state index >= 15 is 0 Å². The number of ether oxygens (including phenoxy) is 1. The summed E-state index contributed by atoms with van der Waals surface area (Å²) in [7, 11) is 5.42. The molecule has 0 bridgehead atoms. The minimum Gasteiger partial charge on any atom is -0.361 e. The highest BCUT2D eigenvalue weighted by molar-refractivity contribution is 5.75. The fourth-order valence-electron chi connectivity index (χ4n) is 3.00. The summed E-state index contributed by atoms with van der Waals surface area (Å²) in [4.78, 5) is 15.5. The molecule has 1 aliphatic heterocycles. The topological polar surface area (TPSA) is 32.8 Å². The largest absolute Gasteiger partial charge is 0.361 e. The van der Waals surface area contributed by atoms with Crippen LogP contribution in [0.2, 0.25) is 0 Å². The highest BCUT2D eigenvalue weighted by Crippen LogP contribution is 2.39. The molecule has 2 unspecified atom stereocenters. The zero-order valence-electron chi connectivity index (χ0n) is 11.8. The van der Waals surface area contributed by atoms with E-state index in [1.54, 1.807) is 12.0 Å². The highest BCUT2D eigenvalue weighted by Gasteiger charge is 2.47. The van der Waals surface area contributed by atoms with Gasteiger partial charge in [-0.15, -0.1) is 0 Å². The second kappa shape index (κ2) is 5.71. The second-order valence-corrected chi connectivity index (χ2v) is 5.16. The van der Waals surface area contributed by atoms with Crippen LogP contribution in [0.25, 0.3) is 0 Å². The molecule has 0 aromatic rings. The van der Waals surface area contributed by atoms with Crippen molar-refractivity contribution >= 4 is 6.03 Å². The number of urea groups is 1.